The molecule has 138 valence electrons. The molecule has 1 amide bonds. The molecular weight excluding hydrogens is 354 g/mol. The smallest absolute Gasteiger partial charge is 0.257 e. The molecule has 8 heteroatoms. The summed E-state index contributed by atoms with van der Waals surface area (Å²) >= 11 is 0. The molecule has 0 radical (unpaired) electrons. The van der Waals surface area contributed by atoms with Gasteiger partial charge in [0.15, 0.2) is 5.82 Å². The van der Waals surface area contributed by atoms with E-state index < -0.39 is 5.95 Å². The highest BCUT2D eigenvalue weighted by Crippen LogP contribution is 2.28. The third-order valence-corrected chi connectivity index (χ3v) is 4.58. The van der Waals surface area contributed by atoms with E-state index in [9.17, 15) is 13.6 Å². The molecule has 6 nitrogen and oxygen atoms in total. The highest BCUT2D eigenvalue weighted by atomic mass is 19.1. The monoisotopic (exact) mass is 370 g/mol. The van der Waals surface area contributed by atoms with Crippen molar-refractivity contribution in [1.82, 2.24) is 20.0 Å². The lowest BCUT2D eigenvalue weighted by atomic mass is 9.97. The van der Waals surface area contributed by atoms with Gasteiger partial charge in [-0.1, -0.05) is 5.16 Å². The molecule has 2 aromatic heterocycles. The molecule has 1 saturated heterocycles. The van der Waals surface area contributed by atoms with Crippen LogP contribution in [0.15, 0.2) is 47.1 Å². The first-order valence-electron chi connectivity index (χ1n) is 8.60. The average Bonchev–Trinajstić information content (AvgIpc) is 3.19. The van der Waals surface area contributed by atoms with E-state index in [0.29, 0.717) is 35.9 Å². The highest BCUT2D eigenvalue weighted by molar-refractivity contribution is 5.94. The van der Waals surface area contributed by atoms with Crippen LogP contribution in [-0.2, 0) is 0 Å². The van der Waals surface area contributed by atoms with Crippen LogP contribution in [0, 0.1) is 11.8 Å². The number of carbonyl (C=O) groups is 1. The Labute approximate surface area is 153 Å². The van der Waals surface area contributed by atoms with Gasteiger partial charge in [-0.2, -0.15) is 9.37 Å². The van der Waals surface area contributed by atoms with Crippen molar-refractivity contribution in [1.29, 1.82) is 0 Å². The van der Waals surface area contributed by atoms with Crippen molar-refractivity contribution >= 4 is 5.91 Å². The number of benzene rings is 1. The van der Waals surface area contributed by atoms with Gasteiger partial charge in [0.05, 0.1) is 5.56 Å². The molecule has 0 aliphatic carbocycles. The first kappa shape index (κ1) is 17.3. The number of rotatable bonds is 3. The molecule has 1 atom stereocenters. The van der Waals surface area contributed by atoms with Crippen LogP contribution >= 0.6 is 0 Å². The Balaban J connectivity index is 1.49. The normalized spacial score (nSPS) is 17.1. The molecule has 0 spiro atoms. The molecule has 1 aliphatic rings. The Bertz CT molecular complexity index is 941. The topological polar surface area (TPSA) is 72.1 Å². The van der Waals surface area contributed by atoms with Gasteiger partial charge in [0.25, 0.3) is 11.8 Å². The van der Waals surface area contributed by atoms with Crippen LogP contribution in [0.4, 0.5) is 8.78 Å². The number of carbonyl (C=O) groups excluding carboxylic acids is 1. The van der Waals surface area contributed by atoms with E-state index >= 15 is 0 Å². The van der Waals surface area contributed by atoms with E-state index in [2.05, 4.69) is 15.1 Å². The standard InChI is InChI=1S/C19H16F2N4O2/c20-15-6-3-12(4-7-15)18-23-17(24-27-18)14-2-1-9-25(11-14)19(26)13-5-8-16(21)22-10-13/h3-8,10,14H,1-2,9,11H2/t14-/m1/s1. The number of hydrogen-bond acceptors (Lipinski definition) is 5. The van der Waals surface area contributed by atoms with Crippen LogP contribution in [0.2, 0.25) is 0 Å². The average molecular weight is 370 g/mol. The minimum atomic E-state index is -0.622. The van der Waals surface area contributed by atoms with Gasteiger partial charge in [0, 0.05) is 30.8 Å². The van der Waals surface area contributed by atoms with Gasteiger partial charge in [-0.3, -0.25) is 4.79 Å². The van der Waals surface area contributed by atoms with Crippen molar-refractivity contribution in [3.05, 3.63) is 65.7 Å². The van der Waals surface area contributed by atoms with E-state index in [1.54, 1.807) is 17.0 Å². The van der Waals surface area contributed by atoms with Crippen LogP contribution in [0.1, 0.15) is 34.9 Å². The fraction of sp³-hybridized carbons (Fsp3) is 0.263. The van der Waals surface area contributed by atoms with Crippen molar-refractivity contribution in [3.8, 4) is 11.5 Å². The Morgan fingerprint density at radius 3 is 2.70 bits per heavy atom. The minimum absolute atomic E-state index is 0.0611. The largest absolute Gasteiger partial charge is 0.338 e. The van der Waals surface area contributed by atoms with Crippen LogP contribution in [-0.4, -0.2) is 39.0 Å². The molecule has 27 heavy (non-hydrogen) atoms. The highest BCUT2D eigenvalue weighted by Gasteiger charge is 2.29. The summed E-state index contributed by atoms with van der Waals surface area (Å²) in [6.07, 6.45) is 2.86. The summed E-state index contributed by atoms with van der Waals surface area (Å²) in [5, 5.41) is 4.04. The number of pyridine rings is 1. The fourth-order valence-corrected chi connectivity index (χ4v) is 3.17. The molecule has 0 saturated carbocycles. The van der Waals surface area contributed by atoms with Gasteiger partial charge in [0.2, 0.25) is 5.95 Å². The lowest BCUT2D eigenvalue weighted by Crippen LogP contribution is -2.39. The van der Waals surface area contributed by atoms with E-state index in [0.717, 1.165) is 12.8 Å². The SMILES string of the molecule is O=C(c1ccc(F)nc1)N1CCC[C@@H](c2noc(-c3ccc(F)cc3)n2)C1. The van der Waals surface area contributed by atoms with E-state index in [4.69, 9.17) is 4.52 Å². The third-order valence-electron chi connectivity index (χ3n) is 4.58. The summed E-state index contributed by atoms with van der Waals surface area (Å²) in [5.74, 6) is -0.387. The summed E-state index contributed by atoms with van der Waals surface area (Å²) in [4.78, 5) is 22.2. The zero-order valence-electron chi connectivity index (χ0n) is 14.3. The van der Waals surface area contributed by atoms with Crippen molar-refractivity contribution in [2.45, 2.75) is 18.8 Å². The number of likely N-dealkylation sites (tertiary alicyclic amines) is 1. The summed E-state index contributed by atoms with van der Waals surface area (Å²) in [6.45, 7) is 1.05. The molecule has 4 rings (SSSR count). The first-order valence-corrected chi connectivity index (χ1v) is 8.60. The first-order chi connectivity index (χ1) is 13.1. The number of amides is 1. The Morgan fingerprint density at radius 1 is 1.15 bits per heavy atom. The van der Waals surface area contributed by atoms with E-state index in [1.165, 1.54) is 30.5 Å². The molecule has 3 aromatic rings. The summed E-state index contributed by atoms with van der Waals surface area (Å²) < 4.78 is 31.3. The van der Waals surface area contributed by atoms with Gasteiger partial charge >= 0.3 is 0 Å². The van der Waals surface area contributed by atoms with Crippen LogP contribution in [0.25, 0.3) is 11.5 Å². The molecule has 1 aliphatic heterocycles. The summed E-state index contributed by atoms with van der Waals surface area (Å²) in [6, 6.07) is 8.40. The van der Waals surface area contributed by atoms with Gasteiger partial charge < -0.3 is 9.42 Å². The Morgan fingerprint density at radius 2 is 1.96 bits per heavy atom. The molecule has 0 bridgehead atoms. The van der Waals surface area contributed by atoms with Gasteiger partial charge in [-0.25, -0.2) is 9.37 Å². The maximum atomic E-state index is 13.0. The van der Waals surface area contributed by atoms with Crippen LogP contribution in [0.5, 0.6) is 0 Å². The second-order valence-electron chi connectivity index (χ2n) is 6.42. The lowest BCUT2D eigenvalue weighted by molar-refractivity contribution is 0.0703. The third kappa shape index (κ3) is 3.69. The Hall–Kier alpha value is -3.16. The van der Waals surface area contributed by atoms with E-state index in [1.807, 2.05) is 0 Å². The van der Waals surface area contributed by atoms with Crippen molar-refractivity contribution < 1.29 is 18.1 Å². The quantitative estimate of drug-likeness (QED) is 0.661. The lowest BCUT2D eigenvalue weighted by Gasteiger charge is -2.31. The number of halogens is 2. The molecule has 1 aromatic carbocycles. The summed E-state index contributed by atoms with van der Waals surface area (Å²) in [5.41, 5.74) is 0.980. The molecule has 3 heterocycles. The maximum Gasteiger partial charge on any atom is 0.257 e. The van der Waals surface area contributed by atoms with E-state index in [-0.39, 0.29) is 17.6 Å². The molecule has 0 unspecified atom stereocenters. The molecule has 1 fully saturated rings. The van der Waals surface area contributed by atoms with Crippen LogP contribution in [0.3, 0.4) is 0 Å². The van der Waals surface area contributed by atoms with Gasteiger partial charge in [-0.15, -0.1) is 0 Å². The predicted molar refractivity (Wildman–Crippen MR) is 91.8 cm³/mol. The second-order valence-corrected chi connectivity index (χ2v) is 6.42. The molecular formula is C19H16F2N4O2. The zero-order valence-corrected chi connectivity index (χ0v) is 14.3. The molecule has 0 N–H and O–H groups in total. The maximum absolute atomic E-state index is 13.0. The van der Waals surface area contributed by atoms with Gasteiger partial charge in [-0.05, 0) is 49.2 Å². The number of hydrogen-bond donors (Lipinski definition) is 0. The Kier molecular flexibility index (Phi) is 4.62. The van der Waals surface area contributed by atoms with Crippen molar-refractivity contribution in [2.24, 2.45) is 0 Å². The van der Waals surface area contributed by atoms with Crippen LogP contribution < -0.4 is 0 Å². The fourth-order valence-electron chi connectivity index (χ4n) is 3.17. The number of piperidine rings is 1. The summed E-state index contributed by atoms with van der Waals surface area (Å²) in [7, 11) is 0. The zero-order chi connectivity index (χ0) is 18.8. The second kappa shape index (κ2) is 7.22. The van der Waals surface area contributed by atoms with Crippen molar-refractivity contribution in [3.63, 3.8) is 0 Å². The number of nitrogens with zero attached hydrogens (tertiary/aromatic N) is 4. The van der Waals surface area contributed by atoms with Gasteiger partial charge in [0.1, 0.15) is 5.82 Å². The minimum Gasteiger partial charge on any atom is -0.338 e. The number of aromatic nitrogens is 3. The van der Waals surface area contributed by atoms with Crippen molar-refractivity contribution in [2.75, 3.05) is 13.1 Å². The predicted octanol–water partition coefficient (Wildman–Crippen LogP) is 3.43.